The molecule has 0 amide bonds. The minimum atomic E-state index is 0.902. The lowest BCUT2D eigenvalue weighted by atomic mass is 10.2. The Morgan fingerprint density at radius 1 is 1.00 bits per heavy atom. The zero-order chi connectivity index (χ0) is 15.4. The van der Waals surface area contributed by atoms with E-state index < -0.39 is 0 Å². The predicted molar refractivity (Wildman–Crippen MR) is 93.7 cm³/mol. The molecule has 0 aliphatic rings. The molecule has 1 aromatic heterocycles. The summed E-state index contributed by atoms with van der Waals surface area (Å²) in [7, 11) is 4.05. The van der Waals surface area contributed by atoms with Crippen LogP contribution in [0.5, 0.6) is 0 Å². The number of fused-ring (bicyclic) bond motifs is 1. The molecule has 0 aliphatic carbocycles. The fraction of sp³-hybridized carbons (Fsp3) is 0.111. The summed E-state index contributed by atoms with van der Waals surface area (Å²) in [5.74, 6) is 0. The van der Waals surface area contributed by atoms with Gasteiger partial charge in [-0.25, -0.2) is 0 Å². The zero-order valence-corrected chi connectivity index (χ0v) is 12.7. The van der Waals surface area contributed by atoms with Crippen LogP contribution in [0.4, 0.5) is 11.4 Å². The summed E-state index contributed by atoms with van der Waals surface area (Å²) in [6.45, 7) is 0. The van der Waals surface area contributed by atoms with Gasteiger partial charge in [0.1, 0.15) is 0 Å². The van der Waals surface area contributed by atoms with Crippen LogP contribution in [0.3, 0.4) is 0 Å². The summed E-state index contributed by atoms with van der Waals surface area (Å²) >= 11 is 0. The molecule has 0 bridgehead atoms. The maximum absolute atomic E-state index is 4.40. The Morgan fingerprint density at radius 3 is 2.55 bits per heavy atom. The van der Waals surface area contributed by atoms with Crippen molar-refractivity contribution in [1.82, 2.24) is 4.98 Å². The van der Waals surface area contributed by atoms with Crippen LogP contribution in [0.15, 0.2) is 65.9 Å². The molecule has 0 atom stereocenters. The average Bonchev–Trinajstić information content (AvgIpc) is 2.55. The van der Waals surface area contributed by atoms with Crippen LogP contribution in [0, 0.1) is 0 Å². The van der Waals surface area contributed by atoms with Crippen LogP contribution in [-0.2, 0) is 0 Å². The average molecular weight is 290 g/mol. The highest BCUT2D eigenvalue weighted by Crippen LogP contribution is 2.20. The number of benzene rings is 2. The summed E-state index contributed by atoms with van der Waals surface area (Å²) < 4.78 is 0. The Kier molecular flexibility index (Phi) is 4.01. The Bertz CT molecular complexity index is 786. The Hall–Kier alpha value is -2.88. The van der Waals surface area contributed by atoms with Gasteiger partial charge in [-0.1, -0.05) is 30.3 Å². The number of aromatic nitrogens is 1. The van der Waals surface area contributed by atoms with E-state index in [1.54, 1.807) is 12.4 Å². The van der Waals surface area contributed by atoms with Gasteiger partial charge in [-0.15, -0.1) is 0 Å². The number of hydrogen-bond acceptors (Lipinski definition) is 4. The molecule has 4 heteroatoms. The second-order valence-electron chi connectivity index (χ2n) is 5.24. The Morgan fingerprint density at radius 2 is 1.77 bits per heavy atom. The van der Waals surface area contributed by atoms with Gasteiger partial charge in [-0.2, -0.15) is 5.10 Å². The number of hydrogen-bond donors (Lipinski definition) is 1. The van der Waals surface area contributed by atoms with Crippen molar-refractivity contribution in [2.45, 2.75) is 0 Å². The van der Waals surface area contributed by atoms with Gasteiger partial charge >= 0.3 is 0 Å². The van der Waals surface area contributed by atoms with Crippen molar-refractivity contribution in [3.8, 4) is 0 Å². The van der Waals surface area contributed by atoms with Gasteiger partial charge < -0.3 is 4.90 Å². The number of hydrazone groups is 1. The van der Waals surface area contributed by atoms with Crippen molar-refractivity contribution in [3.05, 3.63) is 66.4 Å². The fourth-order valence-corrected chi connectivity index (χ4v) is 2.23. The molecular weight excluding hydrogens is 272 g/mol. The van der Waals surface area contributed by atoms with E-state index in [-0.39, 0.29) is 0 Å². The molecule has 0 fully saturated rings. The third-order valence-electron chi connectivity index (χ3n) is 3.44. The standard InChI is InChI=1S/C18H18N4/c1-22(2)16-10-8-14(9-11-16)13-20-21-17-7-3-5-15-6-4-12-19-18(15)17/h3-13,21H,1-2H3. The summed E-state index contributed by atoms with van der Waals surface area (Å²) in [6, 6.07) is 18.2. The van der Waals surface area contributed by atoms with E-state index in [1.807, 2.05) is 56.6 Å². The van der Waals surface area contributed by atoms with Crippen molar-refractivity contribution in [2.75, 3.05) is 24.4 Å². The number of rotatable bonds is 4. The second kappa shape index (κ2) is 6.26. The summed E-state index contributed by atoms with van der Waals surface area (Å²) in [6.07, 6.45) is 3.60. The van der Waals surface area contributed by atoms with Crippen molar-refractivity contribution >= 4 is 28.5 Å². The van der Waals surface area contributed by atoms with Gasteiger partial charge in [-0.05, 0) is 29.8 Å². The van der Waals surface area contributed by atoms with E-state index in [1.165, 1.54) is 5.69 Å². The maximum atomic E-state index is 4.40. The molecule has 0 radical (unpaired) electrons. The van der Waals surface area contributed by atoms with Crippen LogP contribution in [0.1, 0.15) is 5.56 Å². The van der Waals surface area contributed by atoms with Crippen molar-refractivity contribution in [2.24, 2.45) is 5.10 Å². The maximum Gasteiger partial charge on any atom is 0.0951 e. The molecule has 1 N–H and O–H groups in total. The SMILES string of the molecule is CN(C)c1ccc(C=NNc2cccc3cccnc23)cc1. The number of nitrogens with zero attached hydrogens (tertiary/aromatic N) is 3. The molecular formula is C18H18N4. The summed E-state index contributed by atoms with van der Waals surface area (Å²) in [5, 5.41) is 5.40. The molecule has 0 saturated carbocycles. The molecule has 22 heavy (non-hydrogen) atoms. The van der Waals surface area contributed by atoms with Crippen LogP contribution in [0.25, 0.3) is 10.9 Å². The monoisotopic (exact) mass is 290 g/mol. The van der Waals surface area contributed by atoms with Crippen LogP contribution >= 0.6 is 0 Å². The third-order valence-corrected chi connectivity index (χ3v) is 3.44. The van der Waals surface area contributed by atoms with Gasteiger partial charge in [0.2, 0.25) is 0 Å². The first-order valence-corrected chi connectivity index (χ1v) is 7.14. The van der Waals surface area contributed by atoms with Gasteiger partial charge in [0, 0.05) is 31.4 Å². The van der Waals surface area contributed by atoms with E-state index in [0.29, 0.717) is 0 Å². The number of pyridine rings is 1. The smallest absolute Gasteiger partial charge is 0.0951 e. The van der Waals surface area contributed by atoms with E-state index in [4.69, 9.17) is 0 Å². The molecule has 1 heterocycles. The first-order valence-electron chi connectivity index (χ1n) is 7.14. The lowest BCUT2D eigenvalue weighted by Crippen LogP contribution is -2.08. The molecule has 0 spiro atoms. The molecule has 110 valence electrons. The van der Waals surface area contributed by atoms with Crippen LogP contribution < -0.4 is 10.3 Å². The zero-order valence-electron chi connectivity index (χ0n) is 12.7. The van der Waals surface area contributed by atoms with Gasteiger partial charge in [0.15, 0.2) is 0 Å². The first kappa shape index (κ1) is 14.1. The molecule has 0 aliphatic heterocycles. The van der Waals surface area contributed by atoms with Crippen molar-refractivity contribution in [1.29, 1.82) is 0 Å². The molecule has 0 unspecified atom stereocenters. The van der Waals surface area contributed by atoms with E-state index in [0.717, 1.165) is 22.2 Å². The highest BCUT2D eigenvalue weighted by Gasteiger charge is 1.99. The molecule has 2 aromatic carbocycles. The Balaban J connectivity index is 1.76. The van der Waals surface area contributed by atoms with E-state index in [9.17, 15) is 0 Å². The van der Waals surface area contributed by atoms with Crippen LogP contribution in [-0.4, -0.2) is 25.3 Å². The fourth-order valence-electron chi connectivity index (χ4n) is 2.23. The van der Waals surface area contributed by atoms with Gasteiger partial charge in [-0.3, -0.25) is 10.4 Å². The van der Waals surface area contributed by atoms with Gasteiger partial charge in [0.05, 0.1) is 17.4 Å². The van der Waals surface area contributed by atoms with E-state index in [2.05, 4.69) is 32.5 Å². The molecule has 3 rings (SSSR count). The number of nitrogens with one attached hydrogen (secondary N) is 1. The highest BCUT2D eigenvalue weighted by atomic mass is 15.3. The predicted octanol–water partition coefficient (Wildman–Crippen LogP) is 3.75. The van der Waals surface area contributed by atoms with Gasteiger partial charge in [0.25, 0.3) is 0 Å². The Labute approximate surface area is 130 Å². The minimum absolute atomic E-state index is 0.902. The highest BCUT2D eigenvalue weighted by molar-refractivity contribution is 5.90. The number of anilines is 2. The lowest BCUT2D eigenvalue weighted by Gasteiger charge is -2.11. The van der Waals surface area contributed by atoms with Crippen molar-refractivity contribution < 1.29 is 0 Å². The third kappa shape index (κ3) is 3.06. The second-order valence-corrected chi connectivity index (χ2v) is 5.24. The molecule has 3 aromatic rings. The number of para-hydroxylation sites is 1. The summed E-state index contributed by atoms with van der Waals surface area (Å²) in [5.41, 5.74) is 7.11. The lowest BCUT2D eigenvalue weighted by molar-refractivity contribution is 1.13. The van der Waals surface area contributed by atoms with Crippen molar-refractivity contribution in [3.63, 3.8) is 0 Å². The van der Waals surface area contributed by atoms with E-state index >= 15 is 0 Å². The topological polar surface area (TPSA) is 40.5 Å². The first-order chi connectivity index (χ1) is 10.7. The normalized spacial score (nSPS) is 11.0. The quantitative estimate of drug-likeness (QED) is 0.587. The molecule has 4 nitrogen and oxygen atoms in total. The minimum Gasteiger partial charge on any atom is -0.378 e. The summed E-state index contributed by atoms with van der Waals surface area (Å²) in [4.78, 5) is 6.47. The van der Waals surface area contributed by atoms with Crippen LogP contribution in [0.2, 0.25) is 0 Å². The largest absolute Gasteiger partial charge is 0.378 e. The molecule has 0 saturated heterocycles.